The summed E-state index contributed by atoms with van der Waals surface area (Å²) in [6, 6.07) is 0.00537. The first kappa shape index (κ1) is 9.61. The van der Waals surface area contributed by atoms with E-state index >= 15 is 0 Å². The lowest BCUT2D eigenvalue weighted by Gasteiger charge is -2.21. The van der Waals surface area contributed by atoms with Gasteiger partial charge >= 0.3 is 0 Å². The summed E-state index contributed by atoms with van der Waals surface area (Å²) in [5, 5.41) is 0. The molecule has 0 N–H and O–H groups in total. The molecule has 0 aromatic carbocycles. The number of likely N-dealkylation sites (tertiary alicyclic amines) is 1. The molecule has 5 nitrogen and oxygen atoms in total. The van der Waals surface area contributed by atoms with E-state index in [0.717, 1.165) is 0 Å². The fourth-order valence-corrected chi connectivity index (χ4v) is 2.11. The summed E-state index contributed by atoms with van der Waals surface area (Å²) >= 11 is 0. The van der Waals surface area contributed by atoms with Crippen LogP contribution in [0.4, 0.5) is 0 Å². The Morgan fingerprint density at radius 2 is 2.14 bits per heavy atom. The van der Waals surface area contributed by atoms with Gasteiger partial charge < -0.3 is 14.4 Å². The Bertz CT molecular complexity index is 260. The number of carbonyl (C=O) groups excluding carboxylic acids is 2. The lowest BCUT2D eigenvalue weighted by atomic mass is 10.2. The van der Waals surface area contributed by atoms with Crippen LogP contribution in [0.2, 0.25) is 0 Å². The lowest BCUT2D eigenvalue weighted by molar-refractivity contribution is -0.153. The van der Waals surface area contributed by atoms with Crippen molar-refractivity contribution in [2.45, 2.75) is 25.2 Å². The third kappa shape index (κ3) is 1.42. The average molecular weight is 199 g/mol. The molecule has 0 aromatic heterocycles. The first-order valence-electron chi connectivity index (χ1n) is 4.70. The van der Waals surface area contributed by atoms with E-state index in [4.69, 9.17) is 9.47 Å². The van der Waals surface area contributed by atoms with Crippen LogP contribution in [0.3, 0.4) is 0 Å². The Kier molecular flexibility index (Phi) is 2.28. The fourth-order valence-electron chi connectivity index (χ4n) is 2.11. The molecule has 2 saturated heterocycles. The second-order valence-corrected chi connectivity index (χ2v) is 3.74. The molecule has 2 heterocycles. The number of hydrogen-bond acceptors (Lipinski definition) is 4. The van der Waals surface area contributed by atoms with E-state index in [1.165, 1.54) is 4.90 Å². The minimum atomic E-state index is -0.641. The molecule has 0 aliphatic carbocycles. The van der Waals surface area contributed by atoms with Gasteiger partial charge in [0, 0.05) is 12.5 Å². The van der Waals surface area contributed by atoms with E-state index < -0.39 is 11.7 Å². The molecule has 0 radical (unpaired) electrons. The Labute approximate surface area is 82.0 Å². The molecule has 2 rings (SSSR count). The van der Waals surface area contributed by atoms with Crippen molar-refractivity contribution in [1.82, 2.24) is 4.90 Å². The van der Waals surface area contributed by atoms with E-state index in [1.807, 2.05) is 6.92 Å². The second-order valence-electron chi connectivity index (χ2n) is 3.74. The van der Waals surface area contributed by atoms with Crippen LogP contribution in [-0.4, -0.2) is 48.7 Å². The van der Waals surface area contributed by atoms with Gasteiger partial charge in [0.05, 0.1) is 19.8 Å². The number of amides is 1. The molecular weight excluding hydrogens is 186 g/mol. The number of rotatable bonds is 1. The van der Waals surface area contributed by atoms with Crippen LogP contribution in [0.15, 0.2) is 0 Å². The van der Waals surface area contributed by atoms with Gasteiger partial charge in [0.25, 0.3) is 5.91 Å². The van der Waals surface area contributed by atoms with Crippen molar-refractivity contribution in [3.8, 4) is 0 Å². The van der Waals surface area contributed by atoms with Gasteiger partial charge in [-0.2, -0.15) is 0 Å². The average Bonchev–Trinajstić information content (AvgIpc) is 2.74. The summed E-state index contributed by atoms with van der Waals surface area (Å²) in [7, 11) is 0. The number of carbonyl (C=O) groups is 2. The van der Waals surface area contributed by atoms with Gasteiger partial charge in [-0.05, 0) is 6.92 Å². The van der Waals surface area contributed by atoms with Crippen molar-refractivity contribution in [1.29, 1.82) is 0 Å². The predicted molar refractivity (Wildman–Crippen MR) is 46.5 cm³/mol. The third-order valence-corrected chi connectivity index (χ3v) is 2.75. The van der Waals surface area contributed by atoms with Gasteiger partial charge in [0.2, 0.25) is 6.29 Å². The molecule has 1 spiro atoms. The quantitative estimate of drug-likeness (QED) is 0.424. The number of ether oxygens (including phenoxy) is 2. The maximum absolute atomic E-state index is 11.2. The molecule has 2 aliphatic heterocycles. The summed E-state index contributed by atoms with van der Waals surface area (Å²) in [5.74, 6) is -1.13. The SMILES string of the molecule is CC1CC2(CN1C(=O)C=O)OCCO2. The van der Waals surface area contributed by atoms with Crippen molar-refractivity contribution in [2.24, 2.45) is 0 Å². The summed E-state index contributed by atoms with van der Waals surface area (Å²) in [6.45, 7) is 3.39. The molecule has 1 atom stereocenters. The van der Waals surface area contributed by atoms with Crippen molar-refractivity contribution in [3.05, 3.63) is 0 Å². The molecule has 0 bridgehead atoms. The first-order chi connectivity index (χ1) is 6.67. The van der Waals surface area contributed by atoms with Crippen LogP contribution in [-0.2, 0) is 19.1 Å². The Morgan fingerprint density at radius 1 is 1.50 bits per heavy atom. The standard InChI is InChI=1S/C9H13NO4/c1-7-4-9(13-2-3-14-9)6-10(7)8(12)5-11/h5,7H,2-4,6H2,1H3. The van der Waals surface area contributed by atoms with Gasteiger partial charge in [0.1, 0.15) is 0 Å². The van der Waals surface area contributed by atoms with Crippen molar-refractivity contribution in [2.75, 3.05) is 19.8 Å². The summed E-state index contributed by atoms with van der Waals surface area (Å²) in [4.78, 5) is 23.1. The van der Waals surface area contributed by atoms with E-state index in [0.29, 0.717) is 32.5 Å². The molecule has 5 heteroatoms. The number of nitrogens with zero attached hydrogens (tertiary/aromatic N) is 1. The fraction of sp³-hybridized carbons (Fsp3) is 0.778. The van der Waals surface area contributed by atoms with Gasteiger partial charge in [-0.3, -0.25) is 9.59 Å². The molecule has 1 amide bonds. The van der Waals surface area contributed by atoms with Gasteiger partial charge in [-0.25, -0.2) is 0 Å². The molecule has 2 aliphatic rings. The normalized spacial score (nSPS) is 29.8. The van der Waals surface area contributed by atoms with Crippen molar-refractivity contribution in [3.63, 3.8) is 0 Å². The van der Waals surface area contributed by atoms with Gasteiger partial charge in [0.15, 0.2) is 5.79 Å². The van der Waals surface area contributed by atoms with Crippen LogP contribution in [0.25, 0.3) is 0 Å². The summed E-state index contributed by atoms with van der Waals surface area (Å²) < 4.78 is 10.9. The maximum Gasteiger partial charge on any atom is 0.287 e. The molecule has 2 fully saturated rings. The van der Waals surface area contributed by atoms with E-state index in [2.05, 4.69) is 0 Å². The smallest absolute Gasteiger partial charge is 0.287 e. The highest BCUT2D eigenvalue weighted by molar-refractivity contribution is 6.23. The minimum Gasteiger partial charge on any atom is -0.346 e. The molecule has 0 aromatic rings. The lowest BCUT2D eigenvalue weighted by Crippen LogP contribution is -2.38. The zero-order valence-electron chi connectivity index (χ0n) is 8.06. The Balaban J connectivity index is 2.09. The van der Waals surface area contributed by atoms with Crippen LogP contribution in [0.1, 0.15) is 13.3 Å². The highest BCUT2D eigenvalue weighted by atomic mass is 16.7. The van der Waals surface area contributed by atoms with Crippen LogP contribution in [0, 0.1) is 0 Å². The van der Waals surface area contributed by atoms with Crippen LogP contribution in [0.5, 0.6) is 0 Å². The number of aldehydes is 1. The van der Waals surface area contributed by atoms with Gasteiger partial charge in [-0.1, -0.05) is 0 Å². The zero-order chi connectivity index (χ0) is 10.2. The summed E-state index contributed by atoms with van der Waals surface area (Å²) in [5.41, 5.74) is 0. The predicted octanol–water partition coefficient (Wildman–Crippen LogP) is -0.451. The highest BCUT2D eigenvalue weighted by Gasteiger charge is 2.48. The van der Waals surface area contributed by atoms with Gasteiger partial charge in [-0.15, -0.1) is 0 Å². The highest BCUT2D eigenvalue weighted by Crippen LogP contribution is 2.34. The van der Waals surface area contributed by atoms with Crippen molar-refractivity contribution >= 4 is 12.2 Å². The van der Waals surface area contributed by atoms with Crippen LogP contribution < -0.4 is 0 Å². The van der Waals surface area contributed by atoms with E-state index in [1.54, 1.807) is 0 Å². The van der Waals surface area contributed by atoms with E-state index in [-0.39, 0.29) is 6.04 Å². The first-order valence-corrected chi connectivity index (χ1v) is 4.70. The Morgan fingerprint density at radius 3 is 2.71 bits per heavy atom. The molecular formula is C9H13NO4. The molecule has 0 saturated carbocycles. The number of hydrogen-bond donors (Lipinski definition) is 0. The zero-order valence-corrected chi connectivity index (χ0v) is 8.06. The van der Waals surface area contributed by atoms with Crippen LogP contribution >= 0.6 is 0 Å². The largest absolute Gasteiger partial charge is 0.346 e. The minimum absolute atomic E-state index is 0.00537. The molecule has 78 valence electrons. The van der Waals surface area contributed by atoms with Crippen molar-refractivity contribution < 1.29 is 19.1 Å². The monoisotopic (exact) mass is 199 g/mol. The molecule has 14 heavy (non-hydrogen) atoms. The topological polar surface area (TPSA) is 55.8 Å². The Hall–Kier alpha value is -0.940. The van der Waals surface area contributed by atoms with E-state index in [9.17, 15) is 9.59 Å². The summed E-state index contributed by atoms with van der Waals surface area (Å²) in [6.07, 6.45) is 0.983. The molecule has 1 unspecified atom stereocenters. The second kappa shape index (κ2) is 3.33. The third-order valence-electron chi connectivity index (χ3n) is 2.75. The maximum atomic E-state index is 11.2.